The van der Waals surface area contributed by atoms with E-state index in [0.717, 1.165) is 19.1 Å². The van der Waals surface area contributed by atoms with Crippen molar-refractivity contribution in [3.05, 3.63) is 0 Å². The second-order valence-electron chi connectivity index (χ2n) is 3.12. The maximum Gasteiger partial charge on any atom is 0.243 e. The maximum atomic E-state index is 11.0. The molecule has 1 N–H and O–H groups in total. The lowest BCUT2D eigenvalue weighted by molar-refractivity contribution is 0.154. The van der Waals surface area contributed by atoms with Crippen LogP contribution in [0.4, 0.5) is 0 Å². The van der Waals surface area contributed by atoms with E-state index in [1.165, 1.54) is 0 Å². The number of halogens is 2. The first-order valence-corrected chi connectivity index (χ1v) is 6.17. The maximum absolute atomic E-state index is 11.0. The van der Waals surface area contributed by atoms with E-state index in [2.05, 4.69) is 0 Å². The summed E-state index contributed by atoms with van der Waals surface area (Å²) in [7, 11) is -3.63. The van der Waals surface area contributed by atoms with Gasteiger partial charge in [0.2, 0.25) is 3.67 Å². The summed E-state index contributed by atoms with van der Waals surface area (Å²) in [6, 6.07) is 0. The molecule has 0 aromatic heterocycles. The topological polar surface area (TPSA) is 54.4 Å². The average Bonchev–Trinajstić information content (AvgIpc) is 2.64. The summed E-state index contributed by atoms with van der Waals surface area (Å²) in [6.07, 6.45) is 1.32. The molecule has 6 heteroatoms. The number of hydrogen-bond donors (Lipinski definition) is 1. The molecule has 72 valence electrons. The summed E-state index contributed by atoms with van der Waals surface area (Å²) in [5, 5.41) is 9.41. The summed E-state index contributed by atoms with van der Waals surface area (Å²) in [5.41, 5.74) is 0. The molecule has 12 heavy (non-hydrogen) atoms. The van der Waals surface area contributed by atoms with Crippen LogP contribution < -0.4 is 0 Å². The Kier molecular flexibility index (Phi) is 2.65. The van der Waals surface area contributed by atoms with Crippen LogP contribution in [-0.2, 0) is 9.84 Å². The molecule has 1 rings (SSSR count). The van der Waals surface area contributed by atoms with Gasteiger partial charge in [-0.05, 0) is 18.8 Å². The first-order chi connectivity index (χ1) is 5.27. The van der Waals surface area contributed by atoms with Gasteiger partial charge in [-0.1, -0.05) is 23.2 Å². The van der Waals surface area contributed by atoms with Gasteiger partial charge in [-0.25, -0.2) is 8.42 Å². The molecule has 0 aliphatic heterocycles. The van der Waals surface area contributed by atoms with Gasteiger partial charge in [0.05, 0.1) is 0 Å². The Labute approximate surface area is 81.6 Å². The molecular weight excluding hydrogens is 223 g/mol. The van der Waals surface area contributed by atoms with Crippen molar-refractivity contribution in [1.82, 2.24) is 0 Å². The van der Waals surface area contributed by atoms with Crippen molar-refractivity contribution in [1.29, 1.82) is 0 Å². The fourth-order valence-corrected chi connectivity index (χ4v) is 1.89. The van der Waals surface area contributed by atoms with E-state index in [4.69, 9.17) is 23.2 Å². The van der Waals surface area contributed by atoms with Crippen molar-refractivity contribution in [2.75, 3.05) is 6.26 Å². The quantitative estimate of drug-likeness (QED) is 0.738. The molecule has 0 aromatic carbocycles. The molecule has 0 amide bonds. The molecule has 0 heterocycles. The van der Waals surface area contributed by atoms with Crippen LogP contribution in [0.2, 0.25) is 0 Å². The molecule has 0 radical (unpaired) electrons. The van der Waals surface area contributed by atoms with Gasteiger partial charge in [-0.2, -0.15) is 0 Å². The van der Waals surface area contributed by atoms with Gasteiger partial charge in [0.25, 0.3) is 0 Å². The Hall–Kier alpha value is 0.490. The molecular formula is C6H10Cl2O3S. The molecule has 1 atom stereocenters. The van der Waals surface area contributed by atoms with E-state index in [0.29, 0.717) is 0 Å². The molecule has 0 bridgehead atoms. The largest absolute Gasteiger partial charge is 0.389 e. The monoisotopic (exact) mass is 232 g/mol. The Balaban J connectivity index is 2.83. The molecule has 1 fully saturated rings. The minimum atomic E-state index is -3.63. The van der Waals surface area contributed by atoms with Crippen LogP contribution in [0.5, 0.6) is 0 Å². The highest BCUT2D eigenvalue weighted by atomic mass is 35.5. The Bertz CT molecular complexity index is 269. The lowest BCUT2D eigenvalue weighted by Crippen LogP contribution is -2.39. The zero-order valence-corrected chi connectivity index (χ0v) is 8.83. The number of hydrogen-bond acceptors (Lipinski definition) is 3. The van der Waals surface area contributed by atoms with Crippen molar-refractivity contribution in [3.8, 4) is 0 Å². The van der Waals surface area contributed by atoms with Crippen molar-refractivity contribution < 1.29 is 13.5 Å². The summed E-state index contributed by atoms with van der Waals surface area (Å²) in [6.45, 7) is 0. The van der Waals surface area contributed by atoms with E-state index >= 15 is 0 Å². The van der Waals surface area contributed by atoms with Crippen LogP contribution in [0, 0.1) is 5.92 Å². The molecule has 0 aromatic rings. The second-order valence-corrected chi connectivity index (χ2v) is 7.14. The van der Waals surface area contributed by atoms with Crippen LogP contribution in [0.1, 0.15) is 12.8 Å². The predicted molar refractivity (Wildman–Crippen MR) is 48.0 cm³/mol. The summed E-state index contributed by atoms with van der Waals surface area (Å²) in [5.74, 6) is -0.0604. The van der Waals surface area contributed by atoms with Crippen LogP contribution in [-0.4, -0.2) is 29.5 Å². The molecule has 0 spiro atoms. The van der Waals surface area contributed by atoms with Gasteiger partial charge in [0.15, 0.2) is 9.84 Å². The van der Waals surface area contributed by atoms with E-state index in [1.807, 2.05) is 0 Å². The van der Waals surface area contributed by atoms with Gasteiger partial charge in [0.1, 0.15) is 6.10 Å². The third-order valence-corrected chi connectivity index (χ3v) is 5.27. The molecule has 1 aliphatic rings. The second kappa shape index (κ2) is 3.01. The standard InChI is InChI=1S/C6H10Cl2O3S/c1-12(10,11)6(7,8)5(9)4-2-3-4/h4-5,9H,2-3H2,1H3/t5-/m1/s1. The zero-order valence-electron chi connectivity index (χ0n) is 6.50. The molecule has 3 nitrogen and oxygen atoms in total. The first kappa shape index (κ1) is 10.6. The van der Waals surface area contributed by atoms with Crippen molar-refractivity contribution in [2.45, 2.75) is 22.6 Å². The Morgan fingerprint density at radius 2 is 1.92 bits per heavy atom. The number of aliphatic hydroxyl groups is 1. The summed E-state index contributed by atoms with van der Waals surface area (Å²) >= 11 is 11.1. The van der Waals surface area contributed by atoms with Gasteiger partial charge < -0.3 is 5.11 Å². The number of aliphatic hydroxyl groups excluding tert-OH is 1. The van der Waals surface area contributed by atoms with Gasteiger partial charge in [0, 0.05) is 6.26 Å². The Morgan fingerprint density at radius 3 is 2.17 bits per heavy atom. The molecule has 0 saturated heterocycles. The number of rotatable bonds is 3. The van der Waals surface area contributed by atoms with Crippen LogP contribution in [0.3, 0.4) is 0 Å². The van der Waals surface area contributed by atoms with Crippen molar-refractivity contribution >= 4 is 33.0 Å². The lowest BCUT2D eigenvalue weighted by Gasteiger charge is -2.23. The molecule has 1 saturated carbocycles. The third-order valence-electron chi connectivity index (χ3n) is 1.91. The first-order valence-electron chi connectivity index (χ1n) is 3.52. The van der Waals surface area contributed by atoms with E-state index in [1.54, 1.807) is 0 Å². The summed E-state index contributed by atoms with van der Waals surface area (Å²) in [4.78, 5) is 0. The Morgan fingerprint density at radius 1 is 1.50 bits per heavy atom. The number of sulfone groups is 1. The number of alkyl halides is 2. The predicted octanol–water partition coefficient (Wildman–Crippen LogP) is 0.933. The summed E-state index contributed by atoms with van der Waals surface area (Å²) < 4.78 is 20.0. The lowest BCUT2D eigenvalue weighted by atomic mass is 10.3. The highest BCUT2D eigenvalue weighted by Crippen LogP contribution is 2.44. The van der Waals surface area contributed by atoms with Crippen molar-refractivity contribution in [2.24, 2.45) is 5.92 Å². The van der Waals surface area contributed by atoms with E-state index in [9.17, 15) is 13.5 Å². The van der Waals surface area contributed by atoms with Gasteiger partial charge in [-0.15, -0.1) is 0 Å². The van der Waals surface area contributed by atoms with Crippen LogP contribution in [0.25, 0.3) is 0 Å². The minimum Gasteiger partial charge on any atom is -0.389 e. The van der Waals surface area contributed by atoms with Crippen LogP contribution >= 0.6 is 23.2 Å². The zero-order chi connectivity index (χ0) is 9.57. The van der Waals surface area contributed by atoms with E-state index < -0.39 is 19.6 Å². The third kappa shape index (κ3) is 1.87. The smallest absolute Gasteiger partial charge is 0.243 e. The minimum absolute atomic E-state index is 0.0604. The highest BCUT2D eigenvalue weighted by Gasteiger charge is 2.50. The van der Waals surface area contributed by atoms with Gasteiger partial charge >= 0.3 is 0 Å². The van der Waals surface area contributed by atoms with Gasteiger partial charge in [-0.3, -0.25) is 0 Å². The van der Waals surface area contributed by atoms with Crippen molar-refractivity contribution in [3.63, 3.8) is 0 Å². The average molecular weight is 233 g/mol. The fourth-order valence-electron chi connectivity index (χ4n) is 0.906. The molecule has 0 unspecified atom stereocenters. The normalized spacial score (nSPS) is 22.3. The molecule has 1 aliphatic carbocycles. The fraction of sp³-hybridized carbons (Fsp3) is 1.00. The highest BCUT2D eigenvalue weighted by molar-refractivity contribution is 7.95. The van der Waals surface area contributed by atoms with E-state index in [-0.39, 0.29) is 5.92 Å². The van der Waals surface area contributed by atoms with Crippen LogP contribution in [0.15, 0.2) is 0 Å². The SMILES string of the molecule is CS(=O)(=O)C(Cl)(Cl)[C@H](O)C1CC1.